The lowest BCUT2D eigenvalue weighted by molar-refractivity contribution is -0.385. The summed E-state index contributed by atoms with van der Waals surface area (Å²) in [5.41, 5.74) is 0.244. The Balaban J connectivity index is 1.71. The summed E-state index contributed by atoms with van der Waals surface area (Å²) in [7, 11) is 0. The van der Waals surface area contributed by atoms with Gasteiger partial charge in [-0.1, -0.05) is 6.42 Å². The first kappa shape index (κ1) is 14.3. The fourth-order valence-corrected chi connectivity index (χ4v) is 3.56. The number of ether oxygens (including phenoxy) is 1. The summed E-state index contributed by atoms with van der Waals surface area (Å²) in [6.07, 6.45) is 4.51. The largest absolute Gasteiger partial charge is 0.379 e. The van der Waals surface area contributed by atoms with Crippen molar-refractivity contribution in [2.24, 2.45) is 5.41 Å². The van der Waals surface area contributed by atoms with E-state index >= 15 is 0 Å². The molecule has 3 rings (SSSR count). The maximum atomic E-state index is 14.0. The molecule has 114 valence electrons. The van der Waals surface area contributed by atoms with Crippen LogP contribution < -0.4 is 5.32 Å². The molecule has 2 fully saturated rings. The quantitative estimate of drug-likeness (QED) is 0.667. The van der Waals surface area contributed by atoms with Gasteiger partial charge in [-0.2, -0.15) is 0 Å². The van der Waals surface area contributed by atoms with E-state index in [-0.39, 0.29) is 23.2 Å². The second-order valence-corrected chi connectivity index (χ2v) is 5.88. The Morgan fingerprint density at radius 3 is 2.81 bits per heavy atom. The average molecular weight is 294 g/mol. The van der Waals surface area contributed by atoms with Gasteiger partial charge in [-0.05, 0) is 32.3 Å². The zero-order valence-electron chi connectivity index (χ0n) is 12.0. The number of nitro benzene ring substituents is 1. The summed E-state index contributed by atoms with van der Waals surface area (Å²) in [5, 5.41) is 13.8. The predicted molar refractivity (Wildman–Crippen MR) is 76.8 cm³/mol. The van der Waals surface area contributed by atoms with Gasteiger partial charge in [0.15, 0.2) is 5.82 Å². The van der Waals surface area contributed by atoms with E-state index < -0.39 is 10.7 Å². The third kappa shape index (κ3) is 2.27. The number of nitrogens with one attached hydrogen (secondary N) is 1. The monoisotopic (exact) mass is 294 g/mol. The van der Waals surface area contributed by atoms with Crippen LogP contribution in [0.2, 0.25) is 0 Å². The van der Waals surface area contributed by atoms with Gasteiger partial charge in [0.05, 0.1) is 22.8 Å². The lowest BCUT2D eigenvalue weighted by Crippen LogP contribution is -2.64. The summed E-state index contributed by atoms with van der Waals surface area (Å²) in [4.78, 5) is 10.0. The lowest BCUT2D eigenvalue weighted by Gasteiger charge is -2.61. The Labute approximate surface area is 122 Å². The molecule has 21 heavy (non-hydrogen) atoms. The van der Waals surface area contributed by atoms with Gasteiger partial charge < -0.3 is 10.1 Å². The molecule has 2 saturated carbocycles. The number of rotatable bonds is 5. The number of halogens is 1. The average Bonchev–Trinajstić information content (AvgIpc) is 2.37. The fraction of sp³-hybridized carbons (Fsp3) is 0.600. The van der Waals surface area contributed by atoms with E-state index in [0.29, 0.717) is 12.3 Å². The lowest BCUT2D eigenvalue weighted by atomic mass is 9.51. The van der Waals surface area contributed by atoms with Crippen molar-refractivity contribution in [1.29, 1.82) is 0 Å². The van der Waals surface area contributed by atoms with Crippen LogP contribution >= 0.6 is 0 Å². The standard InChI is InChI=1S/C15H19FN2O3/c1-2-21-14-9-13(15(14)6-3-7-15)17-12-5-4-10(18(19)20)8-11(12)16/h4-5,8,13-14,17H,2-3,6-7,9H2,1H3. The first-order valence-electron chi connectivity index (χ1n) is 7.39. The molecule has 1 aromatic carbocycles. The molecule has 1 spiro atoms. The summed E-state index contributed by atoms with van der Waals surface area (Å²) in [6.45, 7) is 2.69. The predicted octanol–water partition coefficient (Wildman–Crippen LogP) is 3.49. The minimum Gasteiger partial charge on any atom is -0.379 e. The van der Waals surface area contributed by atoms with Crippen LogP contribution in [0.1, 0.15) is 32.6 Å². The topological polar surface area (TPSA) is 64.4 Å². The highest BCUT2D eigenvalue weighted by atomic mass is 19.1. The van der Waals surface area contributed by atoms with Crippen LogP contribution in [0.3, 0.4) is 0 Å². The Morgan fingerprint density at radius 1 is 1.52 bits per heavy atom. The molecule has 1 N–H and O–H groups in total. The third-order valence-corrected chi connectivity index (χ3v) is 4.93. The van der Waals surface area contributed by atoms with E-state index in [0.717, 1.165) is 25.3 Å². The second kappa shape index (κ2) is 5.26. The molecular weight excluding hydrogens is 275 g/mol. The minimum atomic E-state index is -0.589. The van der Waals surface area contributed by atoms with Crippen molar-refractivity contribution in [3.63, 3.8) is 0 Å². The molecule has 6 heteroatoms. The maximum absolute atomic E-state index is 14.0. The first-order valence-corrected chi connectivity index (χ1v) is 7.39. The van der Waals surface area contributed by atoms with Gasteiger partial charge in [0.25, 0.3) is 5.69 Å². The highest BCUT2D eigenvalue weighted by molar-refractivity contribution is 5.51. The molecule has 2 aliphatic rings. The molecule has 2 aliphatic carbocycles. The Hall–Kier alpha value is -1.69. The molecule has 1 aromatic rings. The maximum Gasteiger partial charge on any atom is 0.272 e. The van der Waals surface area contributed by atoms with Crippen LogP contribution in [0, 0.1) is 21.3 Å². The van der Waals surface area contributed by atoms with Crippen molar-refractivity contribution in [2.45, 2.75) is 44.8 Å². The summed E-state index contributed by atoms with van der Waals surface area (Å²) >= 11 is 0. The first-order chi connectivity index (χ1) is 10.1. The van der Waals surface area contributed by atoms with E-state index in [2.05, 4.69) is 5.32 Å². The SMILES string of the molecule is CCOC1CC(Nc2ccc([N+](=O)[O-])cc2F)C12CCC2. The van der Waals surface area contributed by atoms with Crippen LogP contribution in [0.15, 0.2) is 18.2 Å². The van der Waals surface area contributed by atoms with Crippen molar-refractivity contribution in [3.05, 3.63) is 34.1 Å². The molecule has 2 unspecified atom stereocenters. The molecule has 0 radical (unpaired) electrons. The Kier molecular flexibility index (Phi) is 3.57. The number of hydrogen-bond donors (Lipinski definition) is 1. The van der Waals surface area contributed by atoms with Crippen molar-refractivity contribution >= 4 is 11.4 Å². The van der Waals surface area contributed by atoms with Gasteiger partial charge in [-0.15, -0.1) is 0 Å². The summed E-state index contributed by atoms with van der Waals surface area (Å²) in [6, 6.07) is 3.94. The van der Waals surface area contributed by atoms with Crippen LogP contribution in [-0.4, -0.2) is 23.7 Å². The molecule has 0 aromatic heterocycles. The number of nitrogens with zero attached hydrogens (tertiary/aromatic N) is 1. The normalized spacial score (nSPS) is 26.0. The van der Waals surface area contributed by atoms with Crippen LogP contribution in [0.4, 0.5) is 15.8 Å². The number of non-ortho nitro benzene ring substituents is 1. The number of benzene rings is 1. The van der Waals surface area contributed by atoms with E-state index in [1.165, 1.54) is 18.6 Å². The summed E-state index contributed by atoms with van der Waals surface area (Å²) in [5.74, 6) is -0.571. The van der Waals surface area contributed by atoms with Crippen LogP contribution in [0.5, 0.6) is 0 Å². The minimum absolute atomic E-state index is 0.129. The second-order valence-electron chi connectivity index (χ2n) is 5.88. The van der Waals surface area contributed by atoms with Crippen molar-refractivity contribution in [1.82, 2.24) is 0 Å². The van der Waals surface area contributed by atoms with E-state index in [1.54, 1.807) is 0 Å². The van der Waals surface area contributed by atoms with E-state index in [1.807, 2.05) is 6.92 Å². The van der Waals surface area contributed by atoms with Gasteiger partial charge in [0, 0.05) is 24.1 Å². The van der Waals surface area contributed by atoms with Crippen LogP contribution in [-0.2, 0) is 4.74 Å². The molecule has 0 heterocycles. The Bertz CT molecular complexity index is 560. The highest BCUT2D eigenvalue weighted by Gasteiger charge is 2.59. The van der Waals surface area contributed by atoms with Gasteiger partial charge >= 0.3 is 0 Å². The fourth-order valence-electron chi connectivity index (χ4n) is 3.56. The van der Waals surface area contributed by atoms with E-state index in [4.69, 9.17) is 4.74 Å². The van der Waals surface area contributed by atoms with Crippen molar-refractivity contribution in [3.8, 4) is 0 Å². The molecule has 0 amide bonds. The zero-order valence-corrected chi connectivity index (χ0v) is 12.0. The smallest absolute Gasteiger partial charge is 0.272 e. The molecule has 2 atom stereocenters. The molecule has 0 bridgehead atoms. The number of nitro groups is 1. The Morgan fingerprint density at radius 2 is 2.29 bits per heavy atom. The van der Waals surface area contributed by atoms with Gasteiger partial charge in [-0.25, -0.2) is 4.39 Å². The van der Waals surface area contributed by atoms with Gasteiger partial charge in [-0.3, -0.25) is 10.1 Å². The molecule has 5 nitrogen and oxygen atoms in total. The highest BCUT2D eigenvalue weighted by Crippen LogP contribution is 2.58. The number of anilines is 1. The zero-order chi connectivity index (χ0) is 15.0. The summed E-state index contributed by atoms with van der Waals surface area (Å²) < 4.78 is 19.7. The number of hydrogen-bond acceptors (Lipinski definition) is 4. The van der Waals surface area contributed by atoms with Gasteiger partial charge in [0.1, 0.15) is 0 Å². The molecule has 0 aliphatic heterocycles. The van der Waals surface area contributed by atoms with E-state index in [9.17, 15) is 14.5 Å². The molecular formula is C15H19FN2O3. The van der Waals surface area contributed by atoms with Gasteiger partial charge in [0.2, 0.25) is 0 Å². The molecule has 0 saturated heterocycles. The van der Waals surface area contributed by atoms with Crippen molar-refractivity contribution in [2.75, 3.05) is 11.9 Å². The van der Waals surface area contributed by atoms with Crippen molar-refractivity contribution < 1.29 is 14.1 Å². The van der Waals surface area contributed by atoms with Crippen LogP contribution in [0.25, 0.3) is 0 Å². The third-order valence-electron chi connectivity index (χ3n) is 4.93.